The van der Waals surface area contributed by atoms with Gasteiger partial charge in [0.1, 0.15) is 0 Å². The maximum Gasteiger partial charge on any atom is 0.333 e. The quantitative estimate of drug-likeness (QED) is 0.259. The van der Waals surface area contributed by atoms with Gasteiger partial charge in [-0.2, -0.15) is 0 Å². The number of carbonyl (C=O) groups is 3. The van der Waals surface area contributed by atoms with Gasteiger partial charge in [-0.05, 0) is 32.6 Å². The molecule has 0 heterocycles. The summed E-state index contributed by atoms with van der Waals surface area (Å²) >= 11 is 0. The number of carboxylic acid groups (broad SMARTS) is 1. The largest absolute Gasteiger partial charge is 0.478 e. The summed E-state index contributed by atoms with van der Waals surface area (Å²) < 4.78 is 9.79. The van der Waals surface area contributed by atoms with Gasteiger partial charge in [-0.1, -0.05) is 66.2 Å². The molecule has 168 valence electrons. The molecule has 6 nitrogen and oxygen atoms in total. The summed E-state index contributed by atoms with van der Waals surface area (Å²) in [6, 6.07) is 0. The normalized spacial score (nSPS) is 10.1. The van der Waals surface area contributed by atoms with Crippen LogP contribution in [0.15, 0.2) is 37.0 Å². The predicted molar refractivity (Wildman–Crippen MR) is 118 cm³/mol. The van der Waals surface area contributed by atoms with Crippen LogP contribution in [0, 0.1) is 5.92 Å². The van der Waals surface area contributed by atoms with E-state index in [4.69, 9.17) is 14.6 Å². The van der Waals surface area contributed by atoms with Gasteiger partial charge < -0.3 is 14.6 Å². The predicted octanol–water partition coefficient (Wildman–Crippen LogP) is 5.48. The second-order valence-electron chi connectivity index (χ2n) is 6.61. The number of unbranched alkanes of at least 4 members (excludes halogenated alkanes) is 2. The molecule has 0 aromatic carbocycles. The van der Waals surface area contributed by atoms with Gasteiger partial charge in [0.05, 0.1) is 13.2 Å². The summed E-state index contributed by atoms with van der Waals surface area (Å²) in [5, 5.41) is 7.89. The lowest BCUT2D eigenvalue weighted by Gasteiger charge is -2.13. The van der Waals surface area contributed by atoms with Crippen LogP contribution in [0.3, 0.4) is 0 Å². The van der Waals surface area contributed by atoms with Gasteiger partial charge >= 0.3 is 17.9 Å². The Balaban J connectivity index is -0.000000375. The molecule has 0 spiro atoms. The monoisotopic (exact) mass is 412 g/mol. The molecule has 0 rings (SSSR count). The fourth-order valence-corrected chi connectivity index (χ4v) is 1.59. The number of hydrogen-bond acceptors (Lipinski definition) is 5. The first kappa shape index (κ1) is 31.3. The van der Waals surface area contributed by atoms with E-state index in [1.165, 1.54) is 25.8 Å². The number of esters is 2. The average Bonchev–Trinajstić information content (AvgIpc) is 2.68. The summed E-state index contributed by atoms with van der Waals surface area (Å²) in [6.07, 6.45) is 7.83. The van der Waals surface area contributed by atoms with Gasteiger partial charge in [0, 0.05) is 17.2 Å². The van der Waals surface area contributed by atoms with Crippen molar-refractivity contribution < 1.29 is 29.0 Å². The Morgan fingerprint density at radius 1 is 0.966 bits per heavy atom. The molecule has 1 unspecified atom stereocenters. The van der Waals surface area contributed by atoms with Crippen LogP contribution in [0.5, 0.6) is 0 Å². The minimum atomic E-state index is -0.935. The highest BCUT2D eigenvalue weighted by Gasteiger charge is 2.07. The van der Waals surface area contributed by atoms with Crippen LogP contribution in [0.1, 0.15) is 73.1 Å². The standard InChI is InChI=1S/C11H20O2.C8H14O2.C4H6O2/c1-4-7-8-10(5-2)9-13-11(12)6-3;1-4-5-6-10-8(9)7(2)3;1-3(2)4(5)6/h6,10H,3-5,7-9H2,1-2H3;2,4-6H2,1,3H3;1H2,2H3,(H,5,6). The summed E-state index contributed by atoms with van der Waals surface area (Å²) in [5.41, 5.74) is 0.645. The summed E-state index contributed by atoms with van der Waals surface area (Å²) in [6.45, 7) is 20.5. The second kappa shape index (κ2) is 21.9. The van der Waals surface area contributed by atoms with E-state index in [9.17, 15) is 14.4 Å². The first-order chi connectivity index (χ1) is 13.6. The molecule has 0 aliphatic heterocycles. The van der Waals surface area contributed by atoms with E-state index in [1.54, 1.807) is 6.92 Å². The van der Waals surface area contributed by atoms with Gasteiger partial charge in [-0.3, -0.25) is 0 Å². The Labute approximate surface area is 176 Å². The molecule has 0 aromatic heterocycles. The lowest BCUT2D eigenvalue weighted by molar-refractivity contribution is -0.140. The summed E-state index contributed by atoms with van der Waals surface area (Å²) in [5.74, 6) is -1.01. The van der Waals surface area contributed by atoms with Crippen molar-refractivity contribution in [3.05, 3.63) is 37.0 Å². The maximum absolute atomic E-state index is 10.8. The molecule has 1 N–H and O–H groups in total. The number of carbonyl (C=O) groups excluding carboxylic acids is 2. The van der Waals surface area contributed by atoms with E-state index >= 15 is 0 Å². The molecule has 0 radical (unpaired) electrons. The van der Waals surface area contributed by atoms with Crippen molar-refractivity contribution in [2.45, 2.75) is 73.1 Å². The molecular weight excluding hydrogens is 372 g/mol. The van der Waals surface area contributed by atoms with E-state index in [-0.39, 0.29) is 17.5 Å². The molecular formula is C23H40O6. The Hall–Kier alpha value is -2.37. The van der Waals surface area contributed by atoms with Crippen molar-refractivity contribution in [1.29, 1.82) is 0 Å². The number of hydrogen-bond donors (Lipinski definition) is 1. The Kier molecular flexibility index (Phi) is 23.7. The molecule has 0 aliphatic carbocycles. The lowest BCUT2D eigenvalue weighted by atomic mass is 10.0. The first-order valence-electron chi connectivity index (χ1n) is 10.1. The van der Waals surface area contributed by atoms with Crippen molar-refractivity contribution in [3.8, 4) is 0 Å². The van der Waals surface area contributed by atoms with Crippen LogP contribution >= 0.6 is 0 Å². The van der Waals surface area contributed by atoms with Crippen molar-refractivity contribution in [1.82, 2.24) is 0 Å². The molecule has 0 saturated heterocycles. The van der Waals surface area contributed by atoms with Crippen molar-refractivity contribution >= 4 is 17.9 Å². The number of ether oxygens (including phenoxy) is 2. The number of carboxylic acids is 1. The van der Waals surface area contributed by atoms with Crippen LogP contribution in [-0.2, 0) is 23.9 Å². The second-order valence-corrected chi connectivity index (χ2v) is 6.61. The fraction of sp³-hybridized carbons (Fsp3) is 0.609. The zero-order valence-electron chi connectivity index (χ0n) is 18.9. The van der Waals surface area contributed by atoms with Crippen LogP contribution in [0.25, 0.3) is 0 Å². The third-order valence-corrected chi connectivity index (χ3v) is 3.62. The van der Waals surface area contributed by atoms with Crippen LogP contribution in [-0.4, -0.2) is 36.2 Å². The van der Waals surface area contributed by atoms with Gasteiger partial charge in [0.15, 0.2) is 0 Å². The lowest BCUT2D eigenvalue weighted by Crippen LogP contribution is -2.12. The van der Waals surface area contributed by atoms with Gasteiger partial charge in [0.2, 0.25) is 0 Å². The van der Waals surface area contributed by atoms with Gasteiger partial charge in [-0.25, -0.2) is 14.4 Å². The highest BCUT2D eigenvalue weighted by molar-refractivity contribution is 5.86. The molecule has 0 aliphatic rings. The molecule has 29 heavy (non-hydrogen) atoms. The van der Waals surface area contributed by atoms with Crippen molar-refractivity contribution in [2.75, 3.05) is 13.2 Å². The summed E-state index contributed by atoms with van der Waals surface area (Å²) in [7, 11) is 0. The minimum Gasteiger partial charge on any atom is -0.478 e. The molecule has 0 amide bonds. The van der Waals surface area contributed by atoms with E-state index in [0.29, 0.717) is 24.7 Å². The fourth-order valence-electron chi connectivity index (χ4n) is 1.59. The van der Waals surface area contributed by atoms with Crippen molar-refractivity contribution in [3.63, 3.8) is 0 Å². The molecule has 1 atom stereocenters. The molecule has 6 heteroatoms. The topological polar surface area (TPSA) is 89.9 Å². The van der Waals surface area contributed by atoms with E-state index < -0.39 is 5.97 Å². The van der Waals surface area contributed by atoms with E-state index in [0.717, 1.165) is 25.7 Å². The number of aliphatic carboxylic acids is 1. The SMILES string of the molecule is C=C(C)C(=O)O.C=C(C)C(=O)OCCCC.C=CC(=O)OCC(CC)CCCC. The zero-order chi connectivity index (χ0) is 23.2. The highest BCUT2D eigenvalue weighted by atomic mass is 16.5. The molecule has 0 saturated carbocycles. The van der Waals surface area contributed by atoms with E-state index in [2.05, 4.69) is 40.5 Å². The van der Waals surface area contributed by atoms with Crippen LogP contribution in [0.2, 0.25) is 0 Å². The molecule has 0 aromatic rings. The van der Waals surface area contributed by atoms with Gasteiger partial charge in [-0.15, -0.1) is 0 Å². The molecule has 0 fully saturated rings. The minimum absolute atomic E-state index is 0.176. The average molecular weight is 413 g/mol. The van der Waals surface area contributed by atoms with Crippen molar-refractivity contribution in [2.24, 2.45) is 5.92 Å². The van der Waals surface area contributed by atoms with Crippen LogP contribution in [0.4, 0.5) is 0 Å². The Bertz CT molecular complexity index is 495. The first-order valence-corrected chi connectivity index (χ1v) is 10.1. The maximum atomic E-state index is 10.8. The van der Waals surface area contributed by atoms with Crippen LogP contribution < -0.4 is 0 Å². The smallest absolute Gasteiger partial charge is 0.333 e. The summed E-state index contributed by atoms with van der Waals surface area (Å²) in [4.78, 5) is 31.1. The zero-order valence-corrected chi connectivity index (χ0v) is 18.9. The van der Waals surface area contributed by atoms with E-state index in [1.807, 2.05) is 0 Å². The third kappa shape index (κ3) is 25.6. The van der Waals surface area contributed by atoms with Gasteiger partial charge in [0.25, 0.3) is 0 Å². The Morgan fingerprint density at radius 3 is 1.83 bits per heavy atom. The highest BCUT2D eigenvalue weighted by Crippen LogP contribution is 2.12. The third-order valence-electron chi connectivity index (χ3n) is 3.62. The number of rotatable bonds is 12. The molecule has 0 bridgehead atoms. The Morgan fingerprint density at radius 2 is 1.48 bits per heavy atom.